The molecule has 2 aliphatic rings. The van der Waals surface area contributed by atoms with Crippen LogP contribution in [0.4, 0.5) is 0 Å². The topological polar surface area (TPSA) is 107 Å². The Kier molecular flexibility index (Phi) is 4.43. The van der Waals surface area contributed by atoms with E-state index in [1.807, 2.05) is 6.92 Å². The first kappa shape index (κ1) is 16.4. The summed E-state index contributed by atoms with van der Waals surface area (Å²) in [7, 11) is -3.53. The molecule has 1 saturated carbocycles. The highest BCUT2D eigenvalue weighted by atomic mass is 32.2. The fourth-order valence-electron chi connectivity index (χ4n) is 3.60. The lowest BCUT2D eigenvalue weighted by Gasteiger charge is -2.31. The second-order valence-corrected chi connectivity index (χ2v) is 8.19. The molecule has 7 heteroatoms. The van der Waals surface area contributed by atoms with Crippen molar-refractivity contribution in [3.05, 3.63) is 29.8 Å². The Balaban J connectivity index is 1.71. The van der Waals surface area contributed by atoms with E-state index in [0.717, 1.165) is 18.4 Å². The van der Waals surface area contributed by atoms with E-state index in [9.17, 15) is 13.7 Å². The molecular formula is C16H22N3O3S+. The molecule has 4 N–H and O–H groups in total. The summed E-state index contributed by atoms with van der Waals surface area (Å²) in [5, 5.41) is 9.29. The van der Waals surface area contributed by atoms with E-state index in [0.29, 0.717) is 6.42 Å². The number of quaternary nitrogens is 1. The summed E-state index contributed by atoms with van der Waals surface area (Å²) in [6.07, 6.45) is 1.82. The van der Waals surface area contributed by atoms with Gasteiger partial charge in [0, 0.05) is 12.0 Å². The lowest BCUT2D eigenvalue weighted by molar-refractivity contribution is -0.491. The van der Waals surface area contributed by atoms with Crippen molar-refractivity contribution in [2.75, 3.05) is 0 Å². The SMILES string of the molecule is Cc1ccc(S(=O)(=O)N[C@H]2CC[C@@H]3O[C@@H]([NH3+])[C@@H](C#N)[C@@H]3C2)cc1. The maximum atomic E-state index is 12.5. The Bertz CT molecular complexity index is 711. The molecule has 0 amide bonds. The highest BCUT2D eigenvalue weighted by Crippen LogP contribution is 2.39. The number of fused-ring (bicyclic) bond motifs is 1. The van der Waals surface area contributed by atoms with Gasteiger partial charge >= 0.3 is 0 Å². The molecule has 1 aliphatic carbocycles. The van der Waals surface area contributed by atoms with Crippen LogP contribution in [-0.2, 0) is 14.8 Å². The minimum atomic E-state index is -3.53. The standard InChI is InChI=1S/C16H21N3O3S/c1-10-2-5-12(6-3-10)23(20,21)19-11-4-7-15-13(8-11)14(9-17)16(18)22-15/h2-3,5-6,11,13-16,19H,4,7-8,18H2,1H3/p+1/t11-,13-,14-,15-,16+/m0/s1. The summed E-state index contributed by atoms with van der Waals surface area (Å²) in [4.78, 5) is 0.278. The number of hydrogen-bond acceptors (Lipinski definition) is 4. The van der Waals surface area contributed by atoms with Gasteiger partial charge in [-0.2, -0.15) is 5.26 Å². The maximum Gasteiger partial charge on any atom is 0.240 e. The van der Waals surface area contributed by atoms with Gasteiger partial charge in [0.15, 0.2) is 0 Å². The van der Waals surface area contributed by atoms with Crippen molar-refractivity contribution in [3.8, 4) is 6.07 Å². The maximum absolute atomic E-state index is 12.5. The molecule has 2 fully saturated rings. The molecule has 0 bridgehead atoms. The van der Waals surface area contributed by atoms with Crippen LogP contribution in [0.2, 0.25) is 0 Å². The largest absolute Gasteiger partial charge is 0.331 e. The molecular weight excluding hydrogens is 314 g/mol. The molecule has 5 atom stereocenters. The van der Waals surface area contributed by atoms with Gasteiger partial charge in [0.05, 0.1) is 17.1 Å². The van der Waals surface area contributed by atoms with Crippen LogP contribution in [0.15, 0.2) is 29.2 Å². The van der Waals surface area contributed by atoms with Crippen molar-refractivity contribution in [3.63, 3.8) is 0 Å². The Labute approximate surface area is 136 Å². The summed E-state index contributed by atoms with van der Waals surface area (Å²) < 4.78 is 33.5. The molecule has 0 radical (unpaired) electrons. The zero-order valence-corrected chi connectivity index (χ0v) is 13.9. The van der Waals surface area contributed by atoms with Gasteiger partial charge in [0.25, 0.3) is 0 Å². The predicted octanol–water partition coefficient (Wildman–Crippen LogP) is 0.549. The van der Waals surface area contributed by atoms with Crippen LogP contribution >= 0.6 is 0 Å². The molecule has 1 aliphatic heterocycles. The molecule has 23 heavy (non-hydrogen) atoms. The number of nitrogens with zero attached hydrogens (tertiary/aromatic N) is 1. The Morgan fingerprint density at radius 1 is 1.30 bits per heavy atom. The number of nitrogens with one attached hydrogen (secondary N) is 1. The third kappa shape index (κ3) is 3.26. The monoisotopic (exact) mass is 336 g/mol. The molecule has 1 saturated heterocycles. The van der Waals surface area contributed by atoms with Gasteiger partial charge in [-0.1, -0.05) is 17.7 Å². The molecule has 0 aromatic heterocycles. The Morgan fingerprint density at radius 2 is 2.00 bits per heavy atom. The van der Waals surface area contributed by atoms with E-state index < -0.39 is 10.0 Å². The van der Waals surface area contributed by atoms with Crippen LogP contribution in [0.25, 0.3) is 0 Å². The number of sulfonamides is 1. The summed E-state index contributed by atoms with van der Waals surface area (Å²) >= 11 is 0. The number of aryl methyl sites for hydroxylation is 1. The van der Waals surface area contributed by atoms with Crippen LogP contribution in [0.3, 0.4) is 0 Å². The van der Waals surface area contributed by atoms with Crippen LogP contribution in [-0.4, -0.2) is 26.8 Å². The third-order valence-corrected chi connectivity index (χ3v) is 6.38. The lowest BCUT2D eigenvalue weighted by Crippen LogP contribution is -2.63. The van der Waals surface area contributed by atoms with Gasteiger partial charge in [0.1, 0.15) is 5.92 Å². The van der Waals surface area contributed by atoms with Crippen molar-refractivity contribution in [1.29, 1.82) is 5.26 Å². The van der Waals surface area contributed by atoms with Crippen LogP contribution < -0.4 is 10.5 Å². The van der Waals surface area contributed by atoms with Crippen LogP contribution in [0.1, 0.15) is 24.8 Å². The lowest BCUT2D eigenvalue weighted by atomic mass is 9.78. The zero-order valence-electron chi connectivity index (χ0n) is 13.1. The van der Waals surface area contributed by atoms with Gasteiger partial charge in [-0.3, -0.25) is 0 Å². The van der Waals surface area contributed by atoms with Gasteiger partial charge in [0.2, 0.25) is 16.3 Å². The fourth-order valence-corrected chi connectivity index (χ4v) is 4.88. The first-order chi connectivity index (χ1) is 10.9. The number of ether oxygens (including phenoxy) is 1. The minimum absolute atomic E-state index is 0.0299. The molecule has 1 aromatic rings. The molecule has 0 spiro atoms. The predicted molar refractivity (Wildman–Crippen MR) is 83.3 cm³/mol. The first-order valence-electron chi connectivity index (χ1n) is 7.88. The first-order valence-corrected chi connectivity index (χ1v) is 9.36. The Hall–Kier alpha value is -1.46. The van der Waals surface area contributed by atoms with E-state index in [1.165, 1.54) is 0 Å². The van der Waals surface area contributed by atoms with E-state index >= 15 is 0 Å². The highest BCUT2D eigenvalue weighted by Gasteiger charge is 2.48. The highest BCUT2D eigenvalue weighted by molar-refractivity contribution is 7.89. The smallest absolute Gasteiger partial charge is 0.240 e. The summed E-state index contributed by atoms with van der Waals surface area (Å²) in [5.74, 6) is -0.200. The van der Waals surface area contributed by atoms with Gasteiger partial charge in [-0.05, 0) is 38.3 Å². The van der Waals surface area contributed by atoms with Crippen molar-refractivity contribution < 1.29 is 18.9 Å². The molecule has 1 heterocycles. The van der Waals surface area contributed by atoms with Crippen molar-refractivity contribution in [2.24, 2.45) is 11.8 Å². The van der Waals surface area contributed by atoms with Crippen molar-refractivity contribution in [1.82, 2.24) is 4.72 Å². The summed E-state index contributed by atoms with van der Waals surface area (Å²) in [6, 6.07) is 8.92. The van der Waals surface area contributed by atoms with Gasteiger partial charge in [-0.15, -0.1) is 0 Å². The average Bonchev–Trinajstić information content (AvgIpc) is 2.82. The van der Waals surface area contributed by atoms with Gasteiger partial charge in [-0.25, -0.2) is 13.1 Å². The average molecular weight is 336 g/mol. The normalized spacial score (nSPS) is 33.9. The second kappa shape index (κ2) is 6.21. The van der Waals surface area contributed by atoms with E-state index in [4.69, 9.17) is 4.74 Å². The van der Waals surface area contributed by atoms with Crippen molar-refractivity contribution in [2.45, 2.75) is 49.5 Å². The third-order valence-electron chi connectivity index (χ3n) is 4.85. The van der Waals surface area contributed by atoms with Crippen LogP contribution in [0, 0.1) is 30.1 Å². The zero-order chi connectivity index (χ0) is 16.6. The number of benzene rings is 1. The summed E-state index contributed by atoms with van der Waals surface area (Å²) in [6.45, 7) is 1.92. The van der Waals surface area contributed by atoms with Crippen LogP contribution in [0.5, 0.6) is 0 Å². The molecule has 0 unspecified atom stereocenters. The Morgan fingerprint density at radius 3 is 2.65 bits per heavy atom. The summed E-state index contributed by atoms with van der Waals surface area (Å²) in [5.41, 5.74) is 4.91. The molecule has 1 aromatic carbocycles. The second-order valence-electron chi connectivity index (χ2n) is 6.48. The number of hydrogen-bond donors (Lipinski definition) is 2. The number of nitriles is 1. The molecule has 124 valence electrons. The van der Waals surface area contributed by atoms with E-state index in [1.54, 1.807) is 24.3 Å². The quantitative estimate of drug-likeness (QED) is 0.840. The minimum Gasteiger partial charge on any atom is -0.331 e. The van der Waals surface area contributed by atoms with E-state index in [-0.39, 0.29) is 35.1 Å². The molecule has 6 nitrogen and oxygen atoms in total. The van der Waals surface area contributed by atoms with Crippen molar-refractivity contribution >= 4 is 10.0 Å². The fraction of sp³-hybridized carbons (Fsp3) is 0.562. The molecule has 3 rings (SSSR count). The van der Waals surface area contributed by atoms with E-state index in [2.05, 4.69) is 16.5 Å². The number of rotatable bonds is 3. The van der Waals surface area contributed by atoms with Gasteiger partial charge < -0.3 is 10.5 Å².